The highest BCUT2D eigenvalue weighted by Crippen LogP contribution is 2.47. The molecule has 0 unspecified atom stereocenters. The first-order chi connectivity index (χ1) is 26.8. The monoisotopic (exact) mass is 692 g/mol. The highest BCUT2D eigenvalue weighted by Gasteiger charge is 2.23. The molecule has 4 nitrogen and oxygen atoms in total. The number of hydrogen-bond donors (Lipinski definition) is 0. The van der Waals surface area contributed by atoms with Crippen LogP contribution in [0.15, 0.2) is 203 Å². The SMILES string of the molecule is c1ccc(N(c2ccc3c(c2)oc2cccc(N(c4ccccc4)c4ccc5c(ccc6ccccc65)c4)c23)c2cccc3oc4ccccc4c23)cc1. The third-order valence-electron chi connectivity index (χ3n) is 10.6. The molecule has 0 aliphatic heterocycles. The fourth-order valence-corrected chi connectivity index (χ4v) is 8.21. The Kier molecular flexibility index (Phi) is 6.82. The lowest BCUT2D eigenvalue weighted by atomic mass is 10.0. The van der Waals surface area contributed by atoms with Crippen molar-refractivity contribution >= 4 is 99.5 Å². The zero-order chi connectivity index (χ0) is 35.6. The van der Waals surface area contributed by atoms with E-state index in [1.54, 1.807) is 0 Å². The summed E-state index contributed by atoms with van der Waals surface area (Å²) in [5.74, 6) is 0. The van der Waals surface area contributed by atoms with Crippen molar-refractivity contribution < 1.29 is 8.83 Å². The molecule has 4 heteroatoms. The minimum absolute atomic E-state index is 0.818. The summed E-state index contributed by atoms with van der Waals surface area (Å²) in [4.78, 5) is 4.65. The molecule has 0 bridgehead atoms. The molecular weight excluding hydrogens is 661 g/mol. The molecular formula is C50H32N2O2. The third-order valence-corrected chi connectivity index (χ3v) is 10.6. The van der Waals surface area contributed by atoms with E-state index in [2.05, 4.69) is 186 Å². The number of benzene rings is 9. The standard InChI is InChI=1S/C50H32N2O2/c1-3-14-35(15-4-1)51(37-27-29-40-34(31-37)26-25-33-13-7-8-18-39(33)40)44-21-12-24-47-50(44)42-30-28-38(32-48(42)54-47)52(36-16-5-2-6-17-36)43-20-11-23-46-49(43)41-19-9-10-22-45(41)53-46/h1-32H. The second-order valence-corrected chi connectivity index (χ2v) is 13.7. The Labute approximate surface area is 311 Å². The molecule has 54 heavy (non-hydrogen) atoms. The van der Waals surface area contributed by atoms with Gasteiger partial charge in [0, 0.05) is 39.6 Å². The molecule has 0 saturated carbocycles. The summed E-state index contributed by atoms with van der Waals surface area (Å²) in [5, 5.41) is 9.22. The summed E-state index contributed by atoms with van der Waals surface area (Å²) in [6, 6.07) is 68.4. The molecule has 2 heterocycles. The zero-order valence-corrected chi connectivity index (χ0v) is 29.2. The van der Waals surface area contributed by atoms with Crippen LogP contribution in [0.4, 0.5) is 34.1 Å². The van der Waals surface area contributed by atoms with Crippen molar-refractivity contribution in [3.8, 4) is 0 Å². The van der Waals surface area contributed by atoms with Gasteiger partial charge in [-0.25, -0.2) is 0 Å². The van der Waals surface area contributed by atoms with Gasteiger partial charge in [-0.1, -0.05) is 109 Å². The van der Waals surface area contributed by atoms with Crippen molar-refractivity contribution in [3.05, 3.63) is 194 Å². The Hall–Kier alpha value is -7.30. The Bertz CT molecular complexity index is 3180. The Morgan fingerprint density at radius 1 is 0.278 bits per heavy atom. The quantitative estimate of drug-likeness (QED) is 0.162. The maximum absolute atomic E-state index is 6.77. The van der Waals surface area contributed by atoms with Crippen molar-refractivity contribution in [2.45, 2.75) is 0 Å². The van der Waals surface area contributed by atoms with Gasteiger partial charge in [0.2, 0.25) is 0 Å². The minimum Gasteiger partial charge on any atom is -0.456 e. The topological polar surface area (TPSA) is 32.8 Å². The molecule has 0 atom stereocenters. The van der Waals surface area contributed by atoms with Gasteiger partial charge in [0.05, 0.1) is 22.1 Å². The number of rotatable bonds is 6. The van der Waals surface area contributed by atoms with E-state index in [9.17, 15) is 0 Å². The fourth-order valence-electron chi connectivity index (χ4n) is 8.21. The highest BCUT2D eigenvalue weighted by molar-refractivity contribution is 6.16. The van der Waals surface area contributed by atoms with Crippen LogP contribution in [0.2, 0.25) is 0 Å². The van der Waals surface area contributed by atoms with Crippen LogP contribution < -0.4 is 9.80 Å². The second kappa shape index (κ2) is 12.1. The summed E-state index contributed by atoms with van der Waals surface area (Å²) in [6.07, 6.45) is 0. The molecule has 0 amide bonds. The number of para-hydroxylation sites is 3. The molecule has 0 aliphatic carbocycles. The van der Waals surface area contributed by atoms with Gasteiger partial charge >= 0.3 is 0 Å². The highest BCUT2D eigenvalue weighted by atomic mass is 16.3. The van der Waals surface area contributed by atoms with Gasteiger partial charge in [0.1, 0.15) is 22.3 Å². The van der Waals surface area contributed by atoms with Crippen molar-refractivity contribution in [2.75, 3.05) is 9.80 Å². The van der Waals surface area contributed by atoms with Crippen LogP contribution in [0.1, 0.15) is 0 Å². The summed E-state index contributed by atoms with van der Waals surface area (Å²) in [6.45, 7) is 0. The maximum atomic E-state index is 6.77. The van der Waals surface area contributed by atoms with Crippen LogP contribution in [0.5, 0.6) is 0 Å². The lowest BCUT2D eigenvalue weighted by molar-refractivity contribution is 0.669. The van der Waals surface area contributed by atoms with E-state index in [4.69, 9.17) is 8.83 Å². The van der Waals surface area contributed by atoms with Gasteiger partial charge in [0.15, 0.2) is 0 Å². The van der Waals surface area contributed by atoms with Gasteiger partial charge in [0.25, 0.3) is 0 Å². The molecule has 0 N–H and O–H groups in total. The summed E-state index contributed by atoms with van der Waals surface area (Å²) >= 11 is 0. The Morgan fingerprint density at radius 3 is 1.44 bits per heavy atom. The van der Waals surface area contributed by atoms with Crippen molar-refractivity contribution in [3.63, 3.8) is 0 Å². The van der Waals surface area contributed by atoms with E-state index < -0.39 is 0 Å². The van der Waals surface area contributed by atoms with Gasteiger partial charge in [-0.05, 0) is 100 Å². The third kappa shape index (κ3) is 4.78. The van der Waals surface area contributed by atoms with Gasteiger partial charge in [-0.2, -0.15) is 0 Å². The molecule has 9 aromatic carbocycles. The lowest BCUT2D eigenvalue weighted by Gasteiger charge is -2.27. The number of furan rings is 2. The first-order valence-corrected chi connectivity index (χ1v) is 18.3. The molecule has 11 rings (SSSR count). The average Bonchev–Trinajstić information content (AvgIpc) is 3.81. The van der Waals surface area contributed by atoms with Gasteiger partial charge in [-0.15, -0.1) is 0 Å². The van der Waals surface area contributed by atoms with Crippen LogP contribution >= 0.6 is 0 Å². The van der Waals surface area contributed by atoms with E-state index in [1.807, 2.05) is 18.2 Å². The summed E-state index contributed by atoms with van der Waals surface area (Å²) in [7, 11) is 0. The van der Waals surface area contributed by atoms with Gasteiger partial charge in [-0.3, -0.25) is 0 Å². The number of anilines is 6. The minimum atomic E-state index is 0.818. The van der Waals surface area contributed by atoms with Gasteiger partial charge < -0.3 is 18.6 Å². The maximum Gasteiger partial charge on any atom is 0.137 e. The van der Waals surface area contributed by atoms with E-state index in [0.717, 1.165) is 78.0 Å². The molecule has 0 radical (unpaired) electrons. The van der Waals surface area contributed by atoms with Crippen LogP contribution in [0.25, 0.3) is 65.4 Å². The van der Waals surface area contributed by atoms with Crippen LogP contribution in [0.3, 0.4) is 0 Å². The average molecular weight is 693 g/mol. The van der Waals surface area contributed by atoms with E-state index in [1.165, 1.54) is 21.5 Å². The van der Waals surface area contributed by atoms with Crippen molar-refractivity contribution in [2.24, 2.45) is 0 Å². The van der Waals surface area contributed by atoms with E-state index in [-0.39, 0.29) is 0 Å². The molecule has 0 aliphatic rings. The predicted octanol–water partition coefficient (Wildman–Crippen LogP) is 14.7. The van der Waals surface area contributed by atoms with E-state index >= 15 is 0 Å². The molecule has 254 valence electrons. The number of nitrogens with zero attached hydrogens (tertiary/aromatic N) is 2. The van der Waals surface area contributed by atoms with Crippen molar-refractivity contribution in [1.82, 2.24) is 0 Å². The summed E-state index contributed by atoms with van der Waals surface area (Å²) < 4.78 is 13.1. The Balaban J connectivity index is 1.11. The normalized spacial score (nSPS) is 11.7. The molecule has 0 fully saturated rings. The number of hydrogen-bond acceptors (Lipinski definition) is 4. The molecule has 0 saturated heterocycles. The molecule has 2 aromatic heterocycles. The predicted molar refractivity (Wildman–Crippen MR) is 225 cm³/mol. The second-order valence-electron chi connectivity index (χ2n) is 13.7. The van der Waals surface area contributed by atoms with Crippen molar-refractivity contribution in [1.29, 1.82) is 0 Å². The van der Waals surface area contributed by atoms with Crippen LogP contribution in [-0.4, -0.2) is 0 Å². The van der Waals surface area contributed by atoms with E-state index in [0.29, 0.717) is 0 Å². The molecule has 11 aromatic rings. The smallest absolute Gasteiger partial charge is 0.137 e. The number of fused-ring (bicyclic) bond motifs is 9. The Morgan fingerprint density at radius 2 is 0.759 bits per heavy atom. The largest absolute Gasteiger partial charge is 0.456 e. The lowest BCUT2D eigenvalue weighted by Crippen LogP contribution is -2.10. The molecule has 0 spiro atoms. The fraction of sp³-hybridized carbons (Fsp3) is 0. The van der Waals surface area contributed by atoms with Crippen LogP contribution in [-0.2, 0) is 0 Å². The summed E-state index contributed by atoms with van der Waals surface area (Å²) in [5.41, 5.74) is 9.67. The zero-order valence-electron chi connectivity index (χ0n) is 29.2. The first kappa shape index (κ1) is 30.3. The first-order valence-electron chi connectivity index (χ1n) is 18.3. The van der Waals surface area contributed by atoms with Crippen LogP contribution in [0, 0.1) is 0 Å².